The Morgan fingerprint density at radius 2 is 1.76 bits per heavy atom. The molecule has 2 aromatic carbocycles. The third kappa shape index (κ3) is 7.73. The Morgan fingerprint density at radius 1 is 1.05 bits per heavy atom. The Morgan fingerprint density at radius 3 is 2.42 bits per heavy atom. The fourth-order valence-electron chi connectivity index (χ4n) is 4.30. The second-order valence-electron chi connectivity index (χ2n) is 10.3. The second kappa shape index (κ2) is 13.5. The van der Waals surface area contributed by atoms with Crippen LogP contribution in [0.3, 0.4) is 0 Å². The van der Waals surface area contributed by atoms with Crippen molar-refractivity contribution in [1.82, 2.24) is 4.90 Å². The first-order valence-corrected chi connectivity index (χ1v) is 13.5. The van der Waals surface area contributed by atoms with Crippen LogP contribution in [0.15, 0.2) is 46.9 Å². The number of nitrogens with zero attached hydrogens (tertiary/aromatic N) is 1. The maximum absolute atomic E-state index is 8.20. The van der Waals surface area contributed by atoms with Gasteiger partial charge in [0, 0.05) is 25.1 Å². The van der Waals surface area contributed by atoms with Gasteiger partial charge in [-0.25, -0.2) is 0 Å². The highest BCUT2D eigenvalue weighted by molar-refractivity contribution is 6.42. The highest BCUT2D eigenvalue weighted by atomic mass is 35.5. The molecular weight excluding hydrogens is 525 g/mol. The van der Waals surface area contributed by atoms with Gasteiger partial charge in [-0.3, -0.25) is 10.8 Å². The minimum absolute atomic E-state index is 0.0189. The van der Waals surface area contributed by atoms with Crippen molar-refractivity contribution in [2.45, 2.75) is 46.0 Å². The summed E-state index contributed by atoms with van der Waals surface area (Å²) in [6.45, 7) is 9.28. The summed E-state index contributed by atoms with van der Waals surface area (Å²) >= 11 is 12.3. The molecule has 1 aliphatic heterocycles. The summed E-state index contributed by atoms with van der Waals surface area (Å²) < 4.78 is 17.3. The van der Waals surface area contributed by atoms with Crippen LogP contribution in [0.25, 0.3) is 11.0 Å². The van der Waals surface area contributed by atoms with Crippen LogP contribution in [0.1, 0.15) is 57.3 Å². The molecule has 38 heavy (non-hydrogen) atoms. The van der Waals surface area contributed by atoms with Gasteiger partial charge in [0.15, 0.2) is 11.7 Å². The number of hydrogen-bond acceptors (Lipinski definition) is 7. The van der Waals surface area contributed by atoms with Crippen LogP contribution in [0.2, 0.25) is 10.0 Å². The standard InChI is InChI=1S/C28H33Cl2N3O3.CH4O/c1-28(2,3)27(32)36-26(31)25-17-20-23(6-4-7-24(20)35-25)34-15-5-12-33-13-10-18(11-14-33)19-8-9-21(29)22(30)16-19;1-2/h4,6-9,16-18,31-32H,5,10-15H2,1-3H3;2H,1H3. The highest BCUT2D eigenvalue weighted by Gasteiger charge is 2.23. The number of furan rings is 1. The van der Waals surface area contributed by atoms with E-state index >= 15 is 0 Å². The monoisotopic (exact) mass is 561 g/mol. The van der Waals surface area contributed by atoms with E-state index in [1.165, 1.54) is 5.56 Å². The number of halogens is 2. The molecule has 0 saturated carbocycles. The molecule has 0 unspecified atom stereocenters. The van der Waals surface area contributed by atoms with Gasteiger partial charge >= 0.3 is 0 Å². The van der Waals surface area contributed by atoms with E-state index in [9.17, 15) is 0 Å². The van der Waals surface area contributed by atoms with Gasteiger partial charge in [0.05, 0.1) is 22.0 Å². The summed E-state index contributed by atoms with van der Waals surface area (Å²) in [5.74, 6) is 1.36. The zero-order valence-electron chi connectivity index (χ0n) is 22.4. The van der Waals surface area contributed by atoms with Gasteiger partial charge in [-0.05, 0) is 68.1 Å². The Bertz CT molecular complexity index is 1240. The molecule has 0 radical (unpaired) electrons. The number of benzene rings is 2. The van der Waals surface area contributed by atoms with Crippen molar-refractivity contribution < 1.29 is 19.0 Å². The normalized spacial score (nSPS) is 14.6. The van der Waals surface area contributed by atoms with Crippen LogP contribution < -0.4 is 4.74 Å². The van der Waals surface area contributed by atoms with E-state index in [1.807, 2.05) is 51.1 Å². The van der Waals surface area contributed by atoms with Gasteiger partial charge in [-0.15, -0.1) is 0 Å². The SMILES string of the molecule is CC(C)(C)C(=N)OC(=N)c1cc2c(OCCCN3CCC(c4ccc(Cl)c(Cl)c4)CC3)cccc2o1.CO. The third-order valence-electron chi connectivity index (χ3n) is 6.51. The lowest BCUT2D eigenvalue weighted by Crippen LogP contribution is -2.34. The minimum Gasteiger partial charge on any atom is -0.493 e. The Kier molecular flexibility index (Phi) is 10.6. The van der Waals surface area contributed by atoms with Crippen molar-refractivity contribution in [2.75, 3.05) is 33.4 Å². The van der Waals surface area contributed by atoms with Crippen molar-refractivity contribution in [3.05, 3.63) is 63.8 Å². The van der Waals surface area contributed by atoms with E-state index in [4.69, 9.17) is 53.0 Å². The van der Waals surface area contributed by atoms with Crippen LogP contribution in [0, 0.1) is 16.2 Å². The summed E-state index contributed by atoms with van der Waals surface area (Å²) in [7, 11) is 1.00. The van der Waals surface area contributed by atoms with Crippen molar-refractivity contribution in [1.29, 1.82) is 10.8 Å². The largest absolute Gasteiger partial charge is 0.493 e. The lowest BCUT2D eigenvalue weighted by molar-refractivity contribution is 0.193. The Hall–Kier alpha value is -2.58. The van der Waals surface area contributed by atoms with E-state index in [2.05, 4.69) is 11.0 Å². The molecule has 1 aliphatic rings. The first-order chi connectivity index (χ1) is 18.1. The zero-order chi connectivity index (χ0) is 27.9. The second-order valence-corrected chi connectivity index (χ2v) is 11.1. The van der Waals surface area contributed by atoms with E-state index in [-0.39, 0.29) is 17.6 Å². The predicted octanol–water partition coefficient (Wildman–Crippen LogP) is 7.36. The Balaban J connectivity index is 0.00000195. The predicted molar refractivity (Wildman–Crippen MR) is 154 cm³/mol. The number of hydrogen-bond donors (Lipinski definition) is 3. The molecule has 7 nitrogen and oxygen atoms in total. The molecule has 3 N–H and O–H groups in total. The lowest BCUT2D eigenvalue weighted by atomic mass is 9.89. The minimum atomic E-state index is -0.481. The average molecular weight is 563 g/mol. The quantitative estimate of drug-likeness (QED) is 0.159. The molecule has 1 saturated heterocycles. The summed E-state index contributed by atoms with van der Waals surface area (Å²) in [4.78, 5) is 2.48. The summed E-state index contributed by atoms with van der Waals surface area (Å²) in [5.41, 5.74) is 1.42. The molecular formula is C29H37Cl2N3O4. The van der Waals surface area contributed by atoms with Gasteiger partial charge in [0.1, 0.15) is 11.3 Å². The van der Waals surface area contributed by atoms with Gasteiger partial charge < -0.3 is 23.9 Å². The van der Waals surface area contributed by atoms with Crippen LogP contribution >= 0.6 is 23.2 Å². The van der Waals surface area contributed by atoms with Crippen LogP contribution in [0.4, 0.5) is 0 Å². The topological polar surface area (TPSA) is 103 Å². The maximum Gasteiger partial charge on any atom is 0.256 e. The molecule has 0 spiro atoms. The van der Waals surface area contributed by atoms with Gasteiger partial charge in [-0.2, -0.15) is 0 Å². The first-order valence-electron chi connectivity index (χ1n) is 12.7. The highest BCUT2D eigenvalue weighted by Crippen LogP contribution is 2.33. The van der Waals surface area contributed by atoms with Gasteiger partial charge in [0.2, 0.25) is 0 Å². The number of nitrogens with one attached hydrogen (secondary N) is 2. The lowest BCUT2D eigenvalue weighted by Gasteiger charge is -2.32. The van der Waals surface area contributed by atoms with Crippen LogP contribution in [-0.2, 0) is 4.74 Å². The molecule has 3 aromatic rings. The molecule has 9 heteroatoms. The molecule has 0 amide bonds. The third-order valence-corrected chi connectivity index (χ3v) is 7.25. The summed E-state index contributed by atoms with van der Waals surface area (Å²) in [6, 6.07) is 13.4. The molecule has 0 aliphatic carbocycles. The first kappa shape index (κ1) is 30.0. The molecule has 1 aromatic heterocycles. The van der Waals surface area contributed by atoms with Crippen LogP contribution in [0.5, 0.6) is 5.75 Å². The summed E-state index contributed by atoms with van der Waals surface area (Å²) in [6.07, 6.45) is 3.13. The van der Waals surface area contributed by atoms with Crippen molar-refractivity contribution in [3.8, 4) is 5.75 Å². The van der Waals surface area contributed by atoms with Crippen molar-refractivity contribution in [2.24, 2.45) is 5.41 Å². The number of fused-ring (bicyclic) bond motifs is 1. The number of ether oxygens (including phenoxy) is 2. The van der Waals surface area contributed by atoms with E-state index in [0.717, 1.165) is 57.1 Å². The van der Waals surface area contributed by atoms with Gasteiger partial charge in [0.25, 0.3) is 5.90 Å². The molecule has 0 atom stereocenters. The molecule has 2 heterocycles. The number of likely N-dealkylation sites (tertiary alicyclic amines) is 1. The maximum atomic E-state index is 8.20. The van der Waals surface area contributed by atoms with Crippen LogP contribution in [-0.4, -0.2) is 55.2 Å². The average Bonchev–Trinajstić information content (AvgIpc) is 3.35. The zero-order valence-corrected chi connectivity index (χ0v) is 24.0. The van der Waals surface area contributed by atoms with Crippen molar-refractivity contribution in [3.63, 3.8) is 0 Å². The van der Waals surface area contributed by atoms with Gasteiger partial charge in [-0.1, -0.05) is 56.1 Å². The fraction of sp³-hybridized carbons (Fsp3) is 0.448. The number of aliphatic hydroxyl groups is 1. The molecule has 4 rings (SSSR count). The number of aliphatic hydroxyl groups excluding tert-OH is 1. The van der Waals surface area contributed by atoms with E-state index in [1.54, 1.807) is 6.07 Å². The fourth-order valence-corrected chi connectivity index (χ4v) is 4.61. The van der Waals surface area contributed by atoms with E-state index in [0.29, 0.717) is 28.2 Å². The van der Waals surface area contributed by atoms with E-state index < -0.39 is 5.41 Å². The Labute approximate surface area is 234 Å². The molecule has 0 bridgehead atoms. The number of rotatable bonds is 7. The molecule has 206 valence electrons. The summed E-state index contributed by atoms with van der Waals surface area (Å²) in [5, 5.41) is 25.2. The number of piperidine rings is 1. The molecule has 1 fully saturated rings. The van der Waals surface area contributed by atoms with Crippen molar-refractivity contribution >= 4 is 46.0 Å². The smallest absolute Gasteiger partial charge is 0.256 e.